The van der Waals surface area contributed by atoms with Crippen molar-refractivity contribution >= 4 is 29.5 Å². The quantitative estimate of drug-likeness (QED) is 0.389. The lowest BCUT2D eigenvalue weighted by Gasteiger charge is -2.19. The molecule has 31 heavy (non-hydrogen) atoms. The van der Waals surface area contributed by atoms with Gasteiger partial charge in [0.15, 0.2) is 0 Å². The van der Waals surface area contributed by atoms with Crippen LogP contribution in [0.5, 0.6) is 0 Å². The van der Waals surface area contributed by atoms with Gasteiger partial charge in [-0.1, -0.05) is 48.0 Å². The summed E-state index contributed by atoms with van der Waals surface area (Å²) in [6.45, 7) is 2.01. The summed E-state index contributed by atoms with van der Waals surface area (Å²) in [6, 6.07) is 14.1. The molecule has 0 radical (unpaired) electrons. The number of carbonyl (C=O) groups excluding carboxylic acids is 2. The maximum atomic E-state index is 13.9. The zero-order valence-corrected chi connectivity index (χ0v) is 18.0. The minimum Gasteiger partial charge on any atom is -0.356 e. The zero-order valence-electron chi connectivity index (χ0n) is 17.2. The van der Waals surface area contributed by atoms with Gasteiger partial charge in [-0.05, 0) is 49.6 Å². The molecule has 1 aliphatic rings. The van der Waals surface area contributed by atoms with Crippen LogP contribution in [-0.2, 0) is 16.0 Å². The largest absolute Gasteiger partial charge is 0.356 e. The summed E-state index contributed by atoms with van der Waals surface area (Å²) in [4.78, 5) is 24.1. The standard InChI is InChI=1S/C24H27ClFN3O2/c25-20-8-6-18(22(26)15-20)7-9-23(30)29-21(14-17-4-2-1-3-5-17)16-27-12-10-19-11-13-28-24(19)31/h1-9,15,19,21,27H,10-14,16H2,(H,28,31)(H,29,30)/b9-7+. The number of nitrogens with one attached hydrogen (secondary N) is 3. The molecule has 2 aromatic carbocycles. The summed E-state index contributed by atoms with van der Waals surface area (Å²) < 4.78 is 13.9. The number of amides is 2. The molecular weight excluding hydrogens is 417 g/mol. The second-order valence-corrected chi connectivity index (χ2v) is 8.10. The van der Waals surface area contributed by atoms with Crippen LogP contribution in [0.2, 0.25) is 5.02 Å². The first-order valence-electron chi connectivity index (χ1n) is 10.5. The van der Waals surface area contributed by atoms with Crippen molar-refractivity contribution in [2.75, 3.05) is 19.6 Å². The summed E-state index contributed by atoms with van der Waals surface area (Å²) >= 11 is 5.76. The van der Waals surface area contributed by atoms with E-state index in [9.17, 15) is 14.0 Å². The van der Waals surface area contributed by atoms with E-state index in [-0.39, 0.29) is 23.8 Å². The normalized spacial score (nSPS) is 17.0. The third-order valence-electron chi connectivity index (χ3n) is 5.27. The van der Waals surface area contributed by atoms with Crippen molar-refractivity contribution in [3.05, 3.63) is 76.6 Å². The lowest BCUT2D eigenvalue weighted by molar-refractivity contribution is -0.122. The first-order chi connectivity index (χ1) is 15.0. The maximum absolute atomic E-state index is 13.9. The number of halogens is 2. The van der Waals surface area contributed by atoms with E-state index in [0.29, 0.717) is 30.1 Å². The fourth-order valence-electron chi connectivity index (χ4n) is 3.60. The average molecular weight is 444 g/mol. The molecule has 1 fully saturated rings. The van der Waals surface area contributed by atoms with Crippen LogP contribution < -0.4 is 16.0 Å². The van der Waals surface area contributed by atoms with Gasteiger partial charge in [0.25, 0.3) is 0 Å². The highest BCUT2D eigenvalue weighted by atomic mass is 35.5. The molecule has 1 saturated heterocycles. The van der Waals surface area contributed by atoms with Gasteiger partial charge in [0.2, 0.25) is 11.8 Å². The Morgan fingerprint density at radius 2 is 2.06 bits per heavy atom. The number of hydrogen-bond acceptors (Lipinski definition) is 3. The van der Waals surface area contributed by atoms with Gasteiger partial charge in [-0.2, -0.15) is 0 Å². The molecule has 0 saturated carbocycles. The minimum atomic E-state index is -0.477. The highest BCUT2D eigenvalue weighted by Gasteiger charge is 2.23. The molecule has 0 spiro atoms. The fourth-order valence-corrected chi connectivity index (χ4v) is 3.76. The predicted molar refractivity (Wildman–Crippen MR) is 121 cm³/mol. The first-order valence-corrected chi connectivity index (χ1v) is 10.8. The molecule has 2 unspecified atom stereocenters. The third-order valence-corrected chi connectivity index (χ3v) is 5.51. The van der Waals surface area contributed by atoms with Crippen molar-refractivity contribution in [3.63, 3.8) is 0 Å². The lowest BCUT2D eigenvalue weighted by Crippen LogP contribution is -2.43. The predicted octanol–water partition coefficient (Wildman–Crippen LogP) is 3.34. The van der Waals surface area contributed by atoms with Crippen LogP contribution in [0.15, 0.2) is 54.6 Å². The molecule has 5 nitrogen and oxygen atoms in total. The third kappa shape index (κ3) is 7.49. The van der Waals surface area contributed by atoms with E-state index in [4.69, 9.17) is 11.6 Å². The molecule has 2 aromatic rings. The van der Waals surface area contributed by atoms with Crippen molar-refractivity contribution in [2.24, 2.45) is 5.92 Å². The van der Waals surface area contributed by atoms with Crippen molar-refractivity contribution < 1.29 is 14.0 Å². The van der Waals surface area contributed by atoms with Crippen LogP contribution >= 0.6 is 11.6 Å². The molecule has 3 N–H and O–H groups in total. The lowest BCUT2D eigenvalue weighted by atomic mass is 10.0. The fraction of sp³-hybridized carbons (Fsp3) is 0.333. The number of benzene rings is 2. The van der Waals surface area contributed by atoms with Gasteiger partial charge >= 0.3 is 0 Å². The maximum Gasteiger partial charge on any atom is 0.244 e. The van der Waals surface area contributed by atoms with E-state index in [1.807, 2.05) is 30.3 Å². The zero-order chi connectivity index (χ0) is 22.1. The molecule has 1 heterocycles. The summed E-state index contributed by atoms with van der Waals surface area (Å²) in [5.74, 6) is -0.593. The van der Waals surface area contributed by atoms with Gasteiger partial charge in [-0.3, -0.25) is 9.59 Å². The van der Waals surface area contributed by atoms with E-state index >= 15 is 0 Å². The second kappa shape index (κ2) is 11.6. The highest BCUT2D eigenvalue weighted by molar-refractivity contribution is 6.30. The Balaban J connectivity index is 1.55. The molecule has 2 atom stereocenters. The number of hydrogen-bond donors (Lipinski definition) is 3. The van der Waals surface area contributed by atoms with E-state index in [1.54, 1.807) is 6.07 Å². The number of carbonyl (C=O) groups is 2. The van der Waals surface area contributed by atoms with E-state index in [0.717, 1.165) is 24.9 Å². The molecule has 0 bridgehead atoms. The van der Waals surface area contributed by atoms with Crippen molar-refractivity contribution in [2.45, 2.75) is 25.3 Å². The number of rotatable bonds is 10. The van der Waals surface area contributed by atoms with Crippen molar-refractivity contribution in [3.8, 4) is 0 Å². The van der Waals surface area contributed by atoms with Crippen LogP contribution in [0.25, 0.3) is 6.08 Å². The van der Waals surface area contributed by atoms with Gasteiger partial charge in [-0.15, -0.1) is 0 Å². The van der Waals surface area contributed by atoms with E-state index in [1.165, 1.54) is 24.3 Å². The van der Waals surface area contributed by atoms with Crippen LogP contribution in [0.3, 0.4) is 0 Å². The van der Waals surface area contributed by atoms with Crippen LogP contribution in [0.1, 0.15) is 24.0 Å². The van der Waals surface area contributed by atoms with Gasteiger partial charge in [0.1, 0.15) is 5.82 Å². The molecule has 0 aromatic heterocycles. The molecule has 7 heteroatoms. The summed E-state index contributed by atoms with van der Waals surface area (Å²) in [5.41, 5.74) is 1.41. The molecule has 0 aliphatic carbocycles. The Morgan fingerprint density at radius 1 is 1.26 bits per heavy atom. The Labute approximate surface area is 187 Å². The Hall–Kier alpha value is -2.70. The average Bonchev–Trinajstić information content (AvgIpc) is 3.16. The topological polar surface area (TPSA) is 70.2 Å². The van der Waals surface area contributed by atoms with Crippen LogP contribution in [0, 0.1) is 11.7 Å². The monoisotopic (exact) mass is 443 g/mol. The van der Waals surface area contributed by atoms with E-state index in [2.05, 4.69) is 16.0 Å². The van der Waals surface area contributed by atoms with Gasteiger partial charge in [0.05, 0.1) is 0 Å². The van der Waals surface area contributed by atoms with Gasteiger partial charge in [0, 0.05) is 41.7 Å². The molecule has 3 rings (SSSR count). The minimum absolute atomic E-state index is 0.0619. The second-order valence-electron chi connectivity index (χ2n) is 7.66. The SMILES string of the molecule is O=C(/C=C/c1ccc(Cl)cc1F)NC(CNCCC1CCNC1=O)Cc1ccccc1. The summed E-state index contributed by atoms with van der Waals surface area (Å²) in [6.07, 6.45) is 5.07. The highest BCUT2D eigenvalue weighted by Crippen LogP contribution is 2.16. The van der Waals surface area contributed by atoms with Crippen LogP contribution in [0.4, 0.5) is 4.39 Å². The first kappa shape index (κ1) is 23.0. The van der Waals surface area contributed by atoms with Crippen molar-refractivity contribution in [1.29, 1.82) is 0 Å². The van der Waals surface area contributed by atoms with Crippen LogP contribution in [-0.4, -0.2) is 37.5 Å². The summed E-state index contributed by atoms with van der Waals surface area (Å²) in [5, 5.41) is 9.50. The molecular formula is C24H27ClFN3O2. The Morgan fingerprint density at radius 3 is 2.77 bits per heavy atom. The molecule has 164 valence electrons. The van der Waals surface area contributed by atoms with Gasteiger partial charge < -0.3 is 16.0 Å². The van der Waals surface area contributed by atoms with Gasteiger partial charge in [-0.25, -0.2) is 4.39 Å². The molecule has 2 amide bonds. The molecule has 1 aliphatic heterocycles. The van der Waals surface area contributed by atoms with E-state index < -0.39 is 5.82 Å². The Kier molecular flexibility index (Phi) is 8.62. The Bertz CT molecular complexity index is 920. The summed E-state index contributed by atoms with van der Waals surface area (Å²) in [7, 11) is 0. The smallest absolute Gasteiger partial charge is 0.244 e. The van der Waals surface area contributed by atoms with Crippen molar-refractivity contribution in [1.82, 2.24) is 16.0 Å².